The minimum atomic E-state index is -0.0146. The summed E-state index contributed by atoms with van der Waals surface area (Å²) >= 11 is 9.62. The third-order valence-corrected chi connectivity index (χ3v) is 8.29. The molecule has 208 valence electrons. The Morgan fingerprint density at radius 3 is 2.41 bits per heavy atom. The predicted molar refractivity (Wildman–Crippen MR) is 166 cm³/mol. The van der Waals surface area contributed by atoms with E-state index in [9.17, 15) is 4.79 Å². The lowest BCUT2D eigenvalue weighted by atomic mass is 9.89. The van der Waals surface area contributed by atoms with Crippen molar-refractivity contribution in [2.24, 2.45) is 5.92 Å². The second kappa shape index (κ2) is 14.9. The molecule has 1 N–H and O–H groups in total. The zero-order chi connectivity index (χ0) is 27.6. The Labute approximate surface area is 247 Å². The van der Waals surface area contributed by atoms with E-state index >= 15 is 0 Å². The van der Waals surface area contributed by atoms with Crippen LogP contribution in [0.25, 0.3) is 0 Å². The third-order valence-electron chi connectivity index (χ3n) is 7.51. The molecule has 1 aliphatic rings. The molecule has 3 aromatic carbocycles. The van der Waals surface area contributed by atoms with Crippen LogP contribution in [0.1, 0.15) is 75.5 Å². The fraction of sp³-hybridized carbons (Fsp3) is 0.424. The van der Waals surface area contributed by atoms with Crippen molar-refractivity contribution in [2.75, 3.05) is 25.0 Å². The molecular formula is C33H40BrClN2O2. The van der Waals surface area contributed by atoms with Gasteiger partial charge in [-0.2, -0.15) is 0 Å². The largest absolute Gasteiger partial charge is 0.486 e. The summed E-state index contributed by atoms with van der Waals surface area (Å²) in [5.41, 5.74) is 3.42. The van der Waals surface area contributed by atoms with E-state index in [1.165, 1.54) is 31.2 Å². The van der Waals surface area contributed by atoms with Crippen LogP contribution in [-0.4, -0.2) is 30.4 Å². The number of carbonyl (C=O) groups is 1. The van der Waals surface area contributed by atoms with Gasteiger partial charge < -0.3 is 15.0 Å². The van der Waals surface area contributed by atoms with Crippen molar-refractivity contribution >= 4 is 39.1 Å². The van der Waals surface area contributed by atoms with Gasteiger partial charge in [0.25, 0.3) is 0 Å². The highest BCUT2D eigenvalue weighted by Crippen LogP contribution is 2.31. The number of halogens is 2. The Morgan fingerprint density at radius 2 is 1.72 bits per heavy atom. The van der Waals surface area contributed by atoms with E-state index < -0.39 is 0 Å². The Balaban J connectivity index is 1.20. The minimum absolute atomic E-state index is 0.0141. The number of ether oxygens (including phenoxy) is 1. The van der Waals surface area contributed by atoms with Gasteiger partial charge in [0.1, 0.15) is 11.9 Å². The number of anilines is 1. The lowest BCUT2D eigenvalue weighted by Crippen LogP contribution is -2.33. The van der Waals surface area contributed by atoms with Crippen LogP contribution in [0.5, 0.6) is 5.75 Å². The molecule has 0 saturated carbocycles. The van der Waals surface area contributed by atoms with Crippen LogP contribution >= 0.6 is 27.5 Å². The van der Waals surface area contributed by atoms with Crippen LogP contribution in [0.4, 0.5) is 5.69 Å². The summed E-state index contributed by atoms with van der Waals surface area (Å²) < 4.78 is 7.44. The highest BCUT2D eigenvalue weighted by atomic mass is 79.9. The topological polar surface area (TPSA) is 41.6 Å². The second-order valence-electron chi connectivity index (χ2n) is 10.8. The molecule has 3 aromatic rings. The maximum absolute atomic E-state index is 12.1. The van der Waals surface area contributed by atoms with Gasteiger partial charge in [-0.15, -0.1) is 0 Å². The first kappa shape index (κ1) is 29.6. The summed E-state index contributed by atoms with van der Waals surface area (Å²) in [4.78, 5) is 14.7. The number of benzene rings is 3. The molecule has 39 heavy (non-hydrogen) atoms. The number of nitrogens with zero attached hydrogens (tertiary/aromatic N) is 1. The van der Waals surface area contributed by atoms with Gasteiger partial charge in [-0.25, -0.2) is 0 Å². The molecule has 1 saturated heterocycles. The van der Waals surface area contributed by atoms with Gasteiger partial charge in [-0.1, -0.05) is 72.1 Å². The van der Waals surface area contributed by atoms with E-state index in [2.05, 4.69) is 56.5 Å². The van der Waals surface area contributed by atoms with E-state index in [-0.39, 0.29) is 17.9 Å². The minimum Gasteiger partial charge on any atom is -0.486 e. The molecule has 0 spiro atoms. The van der Waals surface area contributed by atoms with Crippen molar-refractivity contribution in [2.45, 2.75) is 64.4 Å². The third kappa shape index (κ3) is 9.37. The van der Waals surface area contributed by atoms with Crippen LogP contribution in [0.2, 0.25) is 5.02 Å². The first-order valence-corrected chi connectivity index (χ1v) is 15.4. The quantitative estimate of drug-likeness (QED) is 0.208. The Morgan fingerprint density at radius 1 is 1.00 bits per heavy atom. The van der Waals surface area contributed by atoms with E-state index in [4.69, 9.17) is 16.3 Å². The molecule has 0 aromatic heterocycles. The summed E-state index contributed by atoms with van der Waals surface area (Å²) in [6, 6.07) is 24.5. The molecule has 6 heteroatoms. The number of hydrogen-bond donors (Lipinski definition) is 1. The van der Waals surface area contributed by atoms with Crippen LogP contribution in [0.3, 0.4) is 0 Å². The molecule has 1 heterocycles. The Hall–Kier alpha value is -2.34. The van der Waals surface area contributed by atoms with Gasteiger partial charge in [0.15, 0.2) is 0 Å². The fourth-order valence-corrected chi connectivity index (χ4v) is 5.53. The van der Waals surface area contributed by atoms with E-state index in [0.29, 0.717) is 5.92 Å². The van der Waals surface area contributed by atoms with Gasteiger partial charge in [-0.3, -0.25) is 4.79 Å². The van der Waals surface area contributed by atoms with Gasteiger partial charge >= 0.3 is 0 Å². The monoisotopic (exact) mass is 610 g/mol. The number of piperidine rings is 1. The lowest BCUT2D eigenvalue weighted by Gasteiger charge is -2.32. The van der Waals surface area contributed by atoms with E-state index in [1.807, 2.05) is 56.3 Å². The first-order valence-electron chi connectivity index (χ1n) is 14.2. The van der Waals surface area contributed by atoms with Crippen LogP contribution in [0, 0.1) is 5.92 Å². The number of amides is 1. The molecule has 1 aliphatic heterocycles. The molecule has 0 radical (unpaired) electrons. The van der Waals surface area contributed by atoms with Gasteiger partial charge in [0.2, 0.25) is 5.91 Å². The zero-order valence-corrected chi connectivity index (χ0v) is 25.4. The molecule has 1 fully saturated rings. The first-order chi connectivity index (χ1) is 18.9. The maximum atomic E-state index is 12.1. The zero-order valence-electron chi connectivity index (χ0n) is 23.0. The molecule has 4 nitrogen and oxygen atoms in total. The van der Waals surface area contributed by atoms with Crippen LogP contribution in [-0.2, 0) is 4.79 Å². The van der Waals surface area contributed by atoms with Crippen molar-refractivity contribution < 1.29 is 9.53 Å². The summed E-state index contributed by atoms with van der Waals surface area (Å²) in [6.45, 7) is 7.26. The van der Waals surface area contributed by atoms with Gasteiger partial charge in [0, 0.05) is 21.1 Å². The molecule has 1 unspecified atom stereocenters. The van der Waals surface area contributed by atoms with Crippen molar-refractivity contribution in [3.8, 4) is 5.75 Å². The van der Waals surface area contributed by atoms with Gasteiger partial charge in [-0.05, 0) is 117 Å². The fourth-order valence-electron chi connectivity index (χ4n) is 5.14. The smallest absolute Gasteiger partial charge is 0.226 e. The number of rotatable bonds is 12. The van der Waals surface area contributed by atoms with Crippen molar-refractivity contribution in [1.29, 1.82) is 0 Å². The number of unbranched alkanes of at least 4 members (excludes halogenated alkanes) is 2. The van der Waals surface area contributed by atoms with Crippen molar-refractivity contribution in [3.05, 3.63) is 93.4 Å². The average Bonchev–Trinajstić information content (AvgIpc) is 2.94. The van der Waals surface area contributed by atoms with Gasteiger partial charge in [0.05, 0.1) is 0 Å². The van der Waals surface area contributed by atoms with E-state index in [1.54, 1.807) is 0 Å². The highest BCUT2D eigenvalue weighted by molar-refractivity contribution is 9.10. The molecular weight excluding hydrogens is 572 g/mol. The van der Waals surface area contributed by atoms with Crippen LogP contribution in [0.15, 0.2) is 77.3 Å². The normalized spacial score (nSPS) is 15.3. The highest BCUT2D eigenvalue weighted by Gasteiger charge is 2.21. The summed E-state index contributed by atoms with van der Waals surface area (Å²) in [7, 11) is 0. The summed E-state index contributed by atoms with van der Waals surface area (Å²) in [6.07, 6.45) is 6.83. The van der Waals surface area contributed by atoms with E-state index in [0.717, 1.165) is 59.0 Å². The summed E-state index contributed by atoms with van der Waals surface area (Å²) in [5.74, 6) is 1.50. The number of nitrogens with one attached hydrogen (secondary N) is 1. The maximum Gasteiger partial charge on any atom is 0.226 e. The SMILES string of the molecule is CC(C)C(=O)Nc1cccc(C2CCN(CCCCCC(Oc3ccc(Br)cc3)c3ccc(Cl)cc3)CC2)c1. The predicted octanol–water partition coefficient (Wildman–Crippen LogP) is 9.26. The molecule has 0 aliphatic carbocycles. The number of carbonyl (C=O) groups excluding carboxylic acids is 1. The summed E-state index contributed by atoms with van der Waals surface area (Å²) in [5, 5.41) is 3.79. The molecule has 1 atom stereocenters. The average molecular weight is 612 g/mol. The Kier molecular flexibility index (Phi) is 11.3. The molecule has 0 bridgehead atoms. The second-order valence-corrected chi connectivity index (χ2v) is 12.2. The van der Waals surface area contributed by atoms with Crippen LogP contribution < -0.4 is 10.1 Å². The lowest BCUT2D eigenvalue weighted by molar-refractivity contribution is -0.118. The number of likely N-dealkylation sites (tertiary alicyclic amines) is 1. The van der Waals surface area contributed by atoms with Crippen molar-refractivity contribution in [3.63, 3.8) is 0 Å². The molecule has 4 rings (SSSR count). The Bertz CT molecular complexity index is 1180. The van der Waals surface area contributed by atoms with Crippen molar-refractivity contribution in [1.82, 2.24) is 4.90 Å². The standard InChI is InChI=1S/C33H40BrClN2O2/c1-24(2)33(38)36-30-8-6-7-27(23-30)25-18-21-37(22-19-25)20-5-3-4-9-32(26-10-14-29(35)15-11-26)39-31-16-12-28(34)13-17-31/h6-8,10-17,23-25,32H,3-5,9,18-22H2,1-2H3,(H,36,38). The number of hydrogen-bond acceptors (Lipinski definition) is 3. The molecule has 1 amide bonds.